The summed E-state index contributed by atoms with van der Waals surface area (Å²) in [5, 5.41) is 12.7. The molecule has 1 fully saturated rings. The van der Waals surface area contributed by atoms with E-state index >= 15 is 0 Å². The largest absolute Gasteiger partial charge is 0.357 e. The van der Waals surface area contributed by atoms with Crippen molar-refractivity contribution in [1.29, 1.82) is 5.26 Å². The number of ether oxygens (including phenoxy) is 1. The van der Waals surface area contributed by atoms with Crippen molar-refractivity contribution in [2.45, 2.75) is 25.5 Å². The molecular weight excluding hydrogens is 166 g/mol. The van der Waals surface area contributed by atoms with Crippen LogP contribution >= 0.6 is 0 Å². The first-order valence-electron chi connectivity index (χ1n) is 4.46. The van der Waals surface area contributed by atoms with E-state index in [0.717, 1.165) is 19.4 Å². The average molecular weight is 177 g/mol. The molecule has 0 aliphatic carbocycles. The van der Waals surface area contributed by atoms with Crippen molar-refractivity contribution in [3.63, 3.8) is 0 Å². The Balaban J connectivity index is 2.11. The second-order valence-electron chi connectivity index (χ2n) is 3.14. The SMILES string of the molecule is N#Cc1cnn([C@@H]2CCCCO2)c1. The lowest BCUT2D eigenvalue weighted by Crippen LogP contribution is -2.18. The van der Waals surface area contributed by atoms with Crippen molar-refractivity contribution in [2.24, 2.45) is 0 Å². The molecule has 1 atom stereocenters. The van der Waals surface area contributed by atoms with E-state index in [1.54, 1.807) is 17.1 Å². The number of aromatic nitrogens is 2. The Morgan fingerprint density at radius 1 is 1.62 bits per heavy atom. The predicted molar refractivity (Wildman–Crippen MR) is 45.8 cm³/mol. The zero-order valence-electron chi connectivity index (χ0n) is 7.31. The third kappa shape index (κ3) is 1.70. The van der Waals surface area contributed by atoms with Gasteiger partial charge in [-0.3, -0.25) is 0 Å². The molecular formula is C9H11N3O. The highest BCUT2D eigenvalue weighted by Crippen LogP contribution is 2.21. The Kier molecular flexibility index (Phi) is 2.28. The maximum absolute atomic E-state index is 8.61. The van der Waals surface area contributed by atoms with Crippen LogP contribution in [0.25, 0.3) is 0 Å². The van der Waals surface area contributed by atoms with Crippen LogP contribution in [0.2, 0.25) is 0 Å². The minimum absolute atomic E-state index is 0.0378. The second-order valence-corrected chi connectivity index (χ2v) is 3.14. The zero-order chi connectivity index (χ0) is 9.10. The fourth-order valence-corrected chi connectivity index (χ4v) is 1.49. The lowest BCUT2D eigenvalue weighted by molar-refractivity contribution is -0.0395. The molecule has 1 aliphatic rings. The first-order chi connectivity index (χ1) is 6.40. The number of hydrogen-bond acceptors (Lipinski definition) is 3. The van der Waals surface area contributed by atoms with Crippen LogP contribution in [0.1, 0.15) is 31.1 Å². The van der Waals surface area contributed by atoms with Crippen LogP contribution in [0.3, 0.4) is 0 Å². The van der Waals surface area contributed by atoms with E-state index < -0.39 is 0 Å². The number of hydrogen-bond donors (Lipinski definition) is 0. The van der Waals surface area contributed by atoms with Crippen molar-refractivity contribution >= 4 is 0 Å². The van der Waals surface area contributed by atoms with Crippen LogP contribution in [0.4, 0.5) is 0 Å². The molecule has 0 aromatic carbocycles. The maximum atomic E-state index is 8.61. The summed E-state index contributed by atoms with van der Waals surface area (Å²) in [6.07, 6.45) is 6.63. The van der Waals surface area contributed by atoms with E-state index in [-0.39, 0.29) is 6.23 Å². The van der Waals surface area contributed by atoms with E-state index in [9.17, 15) is 0 Å². The topological polar surface area (TPSA) is 50.8 Å². The third-order valence-electron chi connectivity index (χ3n) is 2.18. The Hall–Kier alpha value is -1.34. The lowest BCUT2D eigenvalue weighted by Gasteiger charge is -2.22. The molecule has 0 bridgehead atoms. The average Bonchev–Trinajstić information content (AvgIpc) is 2.67. The fourth-order valence-electron chi connectivity index (χ4n) is 1.49. The van der Waals surface area contributed by atoms with Crippen molar-refractivity contribution in [3.8, 4) is 6.07 Å². The summed E-state index contributed by atoms with van der Waals surface area (Å²) in [5.41, 5.74) is 0.592. The summed E-state index contributed by atoms with van der Waals surface area (Å²) in [6, 6.07) is 2.05. The highest BCUT2D eigenvalue weighted by Gasteiger charge is 2.15. The molecule has 2 heterocycles. The first-order valence-corrected chi connectivity index (χ1v) is 4.46. The molecule has 0 radical (unpaired) electrons. The highest BCUT2D eigenvalue weighted by molar-refractivity contribution is 5.21. The molecule has 0 N–H and O–H groups in total. The summed E-state index contributed by atoms with van der Waals surface area (Å²) in [5.74, 6) is 0. The molecule has 68 valence electrons. The van der Waals surface area contributed by atoms with Crippen molar-refractivity contribution in [1.82, 2.24) is 9.78 Å². The van der Waals surface area contributed by atoms with Crippen molar-refractivity contribution < 1.29 is 4.74 Å². The molecule has 0 unspecified atom stereocenters. The molecule has 2 rings (SSSR count). The summed E-state index contributed by atoms with van der Waals surface area (Å²) >= 11 is 0. The van der Waals surface area contributed by atoms with Crippen LogP contribution in [0.15, 0.2) is 12.4 Å². The number of nitrogens with zero attached hydrogens (tertiary/aromatic N) is 3. The molecule has 4 heteroatoms. The molecule has 0 spiro atoms. The smallest absolute Gasteiger partial charge is 0.150 e. The minimum Gasteiger partial charge on any atom is -0.357 e. The van der Waals surface area contributed by atoms with Crippen molar-refractivity contribution in [3.05, 3.63) is 18.0 Å². The number of nitriles is 1. The van der Waals surface area contributed by atoms with Gasteiger partial charge in [0.15, 0.2) is 0 Å². The molecule has 0 amide bonds. The minimum atomic E-state index is 0.0378. The monoisotopic (exact) mass is 177 g/mol. The Morgan fingerprint density at radius 2 is 2.54 bits per heavy atom. The molecule has 13 heavy (non-hydrogen) atoms. The van der Waals surface area contributed by atoms with Gasteiger partial charge in [0.25, 0.3) is 0 Å². The summed E-state index contributed by atoms with van der Waals surface area (Å²) in [4.78, 5) is 0. The van der Waals surface area contributed by atoms with Gasteiger partial charge in [-0.05, 0) is 19.3 Å². The lowest BCUT2D eigenvalue weighted by atomic mass is 10.2. The van der Waals surface area contributed by atoms with E-state index in [2.05, 4.69) is 5.10 Å². The fraction of sp³-hybridized carbons (Fsp3) is 0.556. The van der Waals surface area contributed by atoms with Gasteiger partial charge in [0.1, 0.15) is 12.3 Å². The van der Waals surface area contributed by atoms with Gasteiger partial charge in [-0.25, -0.2) is 4.68 Å². The zero-order valence-corrected chi connectivity index (χ0v) is 7.31. The summed E-state index contributed by atoms with van der Waals surface area (Å²) < 4.78 is 7.25. The molecule has 1 saturated heterocycles. The van der Waals surface area contributed by atoms with Gasteiger partial charge >= 0.3 is 0 Å². The second kappa shape index (κ2) is 3.58. The van der Waals surface area contributed by atoms with Gasteiger partial charge in [-0.1, -0.05) is 0 Å². The quantitative estimate of drug-likeness (QED) is 0.652. The molecule has 0 saturated carbocycles. The Labute approximate surface area is 76.7 Å². The predicted octanol–water partition coefficient (Wildman–Crippen LogP) is 1.45. The Bertz CT molecular complexity index is 320. The summed E-state index contributed by atoms with van der Waals surface area (Å²) in [7, 11) is 0. The van der Waals surface area contributed by atoms with Crippen LogP contribution in [0.5, 0.6) is 0 Å². The molecule has 1 aliphatic heterocycles. The van der Waals surface area contributed by atoms with Crippen LogP contribution in [-0.2, 0) is 4.74 Å². The van der Waals surface area contributed by atoms with E-state index in [1.165, 1.54) is 6.42 Å². The molecule has 4 nitrogen and oxygen atoms in total. The van der Waals surface area contributed by atoms with Gasteiger partial charge in [-0.2, -0.15) is 10.4 Å². The standard InChI is InChI=1S/C9H11N3O/c10-5-8-6-11-12(7-8)9-3-1-2-4-13-9/h6-7,9H,1-4H2/t9-/m0/s1. The maximum Gasteiger partial charge on any atom is 0.150 e. The van der Waals surface area contributed by atoms with E-state index in [4.69, 9.17) is 10.00 Å². The third-order valence-corrected chi connectivity index (χ3v) is 2.18. The first kappa shape index (κ1) is 8.27. The van der Waals surface area contributed by atoms with E-state index in [1.807, 2.05) is 6.07 Å². The van der Waals surface area contributed by atoms with Crippen LogP contribution < -0.4 is 0 Å². The van der Waals surface area contributed by atoms with Crippen LogP contribution in [-0.4, -0.2) is 16.4 Å². The molecule has 1 aromatic heterocycles. The van der Waals surface area contributed by atoms with Gasteiger partial charge in [-0.15, -0.1) is 0 Å². The van der Waals surface area contributed by atoms with Gasteiger partial charge < -0.3 is 4.74 Å². The Morgan fingerprint density at radius 3 is 3.15 bits per heavy atom. The molecule has 1 aromatic rings. The van der Waals surface area contributed by atoms with Gasteiger partial charge in [0.05, 0.1) is 11.8 Å². The van der Waals surface area contributed by atoms with E-state index in [0.29, 0.717) is 5.56 Å². The normalized spacial score (nSPS) is 22.5. The summed E-state index contributed by atoms with van der Waals surface area (Å²) in [6.45, 7) is 0.798. The van der Waals surface area contributed by atoms with Gasteiger partial charge in [0, 0.05) is 12.8 Å². The highest BCUT2D eigenvalue weighted by atomic mass is 16.5. The van der Waals surface area contributed by atoms with Crippen molar-refractivity contribution in [2.75, 3.05) is 6.61 Å². The van der Waals surface area contributed by atoms with Crippen LogP contribution in [0, 0.1) is 11.3 Å². The van der Waals surface area contributed by atoms with Gasteiger partial charge in [0.2, 0.25) is 0 Å². The number of rotatable bonds is 1.